The Morgan fingerprint density at radius 2 is 1.06 bits per heavy atom. The van der Waals surface area contributed by atoms with Gasteiger partial charge >= 0.3 is 0 Å². The van der Waals surface area contributed by atoms with E-state index in [0.717, 1.165) is 22.2 Å². The van der Waals surface area contributed by atoms with E-state index in [-0.39, 0.29) is 0 Å². The summed E-state index contributed by atoms with van der Waals surface area (Å²) in [4.78, 5) is 0. The molecule has 1 aromatic heterocycles. The highest BCUT2D eigenvalue weighted by Crippen LogP contribution is 2.49. The molecule has 7 rings (SSSR count). The van der Waals surface area contributed by atoms with Crippen molar-refractivity contribution >= 4 is 21.7 Å². The molecule has 5 aromatic carbocycles. The third-order valence-corrected chi connectivity index (χ3v) is 6.49. The first-order valence-electron chi connectivity index (χ1n) is 10.6. The smallest absolute Gasteiger partial charge is 0.0999 e. The molecular weight excluding hydrogens is 376 g/mol. The summed E-state index contributed by atoms with van der Waals surface area (Å²) >= 11 is 0. The highest BCUT2D eigenvalue weighted by Gasteiger charge is 2.22. The van der Waals surface area contributed by atoms with Gasteiger partial charge < -0.3 is 0 Å². The molecule has 0 saturated heterocycles. The summed E-state index contributed by atoms with van der Waals surface area (Å²) in [5, 5.41) is 11.5. The van der Waals surface area contributed by atoms with E-state index in [4.69, 9.17) is 0 Å². The summed E-state index contributed by atoms with van der Waals surface area (Å²) in [7, 11) is 0. The molecule has 0 bridgehead atoms. The number of para-hydroxylation sites is 1. The number of aromatic nitrogens is 2. The van der Waals surface area contributed by atoms with Crippen LogP contribution in [0.4, 0.5) is 0 Å². The maximum Gasteiger partial charge on any atom is 0.0999 e. The van der Waals surface area contributed by atoms with Crippen molar-refractivity contribution in [1.29, 1.82) is 0 Å². The lowest BCUT2D eigenvalue weighted by molar-refractivity contribution is 1.12. The first-order chi connectivity index (χ1) is 15.4. The largest absolute Gasteiger partial charge is 0.277 e. The third-order valence-electron chi connectivity index (χ3n) is 6.49. The molecule has 144 valence electrons. The summed E-state index contributed by atoms with van der Waals surface area (Å²) in [5.41, 5.74) is 11.0. The molecule has 0 atom stereocenters. The number of nitrogens with zero attached hydrogens (tertiary/aromatic N) is 1. The van der Waals surface area contributed by atoms with Gasteiger partial charge in [0, 0.05) is 10.9 Å². The topological polar surface area (TPSA) is 28.7 Å². The van der Waals surface area contributed by atoms with Gasteiger partial charge in [-0.2, -0.15) is 5.10 Å². The van der Waals surface area contributed by atoms with Crippen LogP contribution in [0.5, 0.6) is 0 Å². The van der Waals surface area contributed by atoms with Crippen LogP contribution in [0.1, 0.15) is 0 Å². The molecule has 1 N–H and O–H groups in total. The Labute approximate surface area is 179 Å². The first kappa shape index (κ1) is 16.6. The van der Waals surface area contributed by atoms with Gasteiger partial charge in [-0.25, -0.2) is 0 Å². The molecule has 0 amide bonds. The Kier molecular flexibility index (Phi) is 3.30. The minimum absolute atomic E-state index is 0.998. The molecule has 31 heavy (non-hydrogen) atoms. The average Bonchev–Trinajstić information content (AvgIpc) is 3.41. The van der Waals surface area contributed by atoms with Crippen molar-refractivity contribution in [1.82, 2.24) is 10.2 Å². The second-order valence-corrected chi connectivity index (χ2v) is 8.13. The second kappa shape index (κ2) is 6.16. The monoisotopic (exact) mass is 394 g/mol. The Morgan fingerprint density at radius 3 is 1.90 bits per heavy atom. The van der Waals surface area contributed by atoms with Crippen LogP contribution in [-0.2, 0) is 0 Å². The van der Waals surface area contributed by atoms with E-state index in [9.17, 15) is 0 Å². The zero-order chi connectivity index (χ0) is 20.4. The van der Waals surface area contributed by atoms with Crippen molar-refractivity contribution in [2.75, 3.05) is 0 Å². The Hall–Kier alpha value is -4.17. The van der Waals surface area contributed by atoms with Gasteiger partial charge in [-0.05, 0) is 50.2 Å². The van der Waals surface area contributed by atoms with Crippen LogP contribution < -0.4 is 0 Å². The molecule has 0 spiro atoms. The summed E-state index contributed by atoms with van der Waals surface area (Å²) in [5.74, 6) is 0. The van der Waals surface area contributed by atoms with Crippen molar-refractivity contribution in [2.45, 2.75) is 0 Å². The van der Waals surface area contributed by atoms with Crippen molar-refractivity contribution in [3.8, 4) is 44.6 Å². The van der Waals surface area contributed by atoms with Gasteiger partial charge in [0.25, 0.3) is 0 Å². The maximum atomic E-state index is 4.55. The quantitative estimate of drug-likeness (QED) is 0.320. The number of benzene rings is 5. The Balaban J connectivity index is 1.38. The number of H-pyrrole nitrogens is 1. The zero-order valence-corrected chi connectivity index (χ0v) is 16.8. The van der Waals surface area contributed by atoms with Crippen LogP contribution in [-0.4, -0.2) is 10.2 Å². The number of fused-ring (bicyclic) bond motifs is 4. The van der Waals surface area contributed by atoms with E-state index < -0.39 is 0 Å². The maximum absolute atomic E-state index is 4.55. The molecule has 2 heteroatoms. The molecular formula is C29H18N2. The Bertz CT molecular complexity index is 1590. The van der Waals surface area contributed by atoms with E-state index in [0.29, 0.717) is 0 Å². The lowest BCUT2D eigenvalue weighted by Crippen LogP contribution is -1.85. The molecule has 6 aromatic rings. The number of nitrogens with one attached hydrogen (secondary N) is 1. The van der Waals surface area contributed by atoms with Crippen LogP contribution in [0.3, 0.4) is 0 Å². The molecule has 2 nitrogen and oxygen atoms in total. The third kappa shape index (κ3) is 2.30. The normalized spacial score (nSPS) is 11.9. The summed E-state index contributed by atoms with van der Waals surface area (Å²) in [6.07, 6.45) is 0. The summed E-state index contributed by atoms with van der Waals surface area (Å²) < 4.78 is 0. The van der Waals surface area contributed by atoms with Crippen LogP contribution in [0, 0.1) is 0 Å². The molecule has 0 radical (unpaired) electrons. The van der Waals surface area contributed by atoms with Crippen LogP contribution in [0.15, 0.2) is 103 Å². The number of hydrogen-bond donors (Lipinski definition) is 1. The minimum Gasteiger partial charge on any atom is -0.277 e. The standard InChI is InChI=1S/C29H18N2/c1-2-7-22-21(6-1)24-10-5-9-23-20(16-17-25(22)28(23)24)18-12-14-19(15-13-18)29-26-8-3-4-11-27(26)30-31-29/h1-17H,(H,30,31). The fourth-order valence-electron chi connectivity index (χ4n) is 5.05. The first-order valence-corrected chi connectivity index (χ1v) is 10.6. The SMILES string of the molecule is c1ccc2c(c1)-c1cccc3c(-c4ccc(-c5n[nH]c6ccccc56)cc4)ccc-2c13. The van der Waals surface area contributed by atoms with Gasteiger partial charge in [0.1, 0.15) is 0 Å². The van der Waals surface area contributed by atoms with E-state index >= 15 is 0 Å². The van der Waals surface area contributed by atoms with Crippen LogP contribution in [0.25, 0.3) is 66.3 Å². The van der Waals surface area contributed by atoms with E-state index in [2.05, 4.69) is 107 Å². The molecule has 0 unspecified atom stereocenters. The molecule has 0 aliphatic heterocycles. The molecule has 0 fully saturated rings. The van der Waals surface area contributed by atoms with Crippen molar-refractivity contribution in [3.05, 3.63) is 103 Å². The van der Waals surface area contributed by atoms with Gasteiger partial charge in [0.15, 0.2) is 0 Å². The van der Waals surface area contributed by atoms with Crippen LogP contribution in [0.2, 0.25) is 0 Å². The number of aromatic amines is 1. The molecule has 1 heterocycles. The fourth-order valence-corrected chi connectivity index (χ4v) is 5.05. The number of rotatable bonds is 2. The highest BCUT2D eigenvalue weighted by molar-refractivity contribution is 6.18. The van der Waals surface area contributed by atoms with E-state index in [1.54, 1.807) is 0 Å². The predicted octanol–water partition coefficient (Wildman–Crippen LogP) is 7.70. The van der Waals surface area contributed by atoms with Gasteiger partial charge in [0.2, 0.25) is 0 Å². The van der Waals surface area contributed by atoms with Crippen molar-refractivity contribution < 1.29 is 0 Å². The lowest BCUT2D eigenvalue weighted by atomic mass is 9.93. The molecule has 1 aliphatic rings. The van der Waals surface area contributed by atoms with Gasteiger partial charge in [-0.15, -0.1) is 0 Å². The molecule has 0 saturated carbocycles. The van der Waals surface area contributed by atoms with Crippen molar-refractivity contribution in [3.63, 3.8) is 0 Å². The van der Waals surface area contributed by atoms with Gasteiger partial charge in [-0.3, -0.25) is 5.10 Å². The predicted molar refractivity (Wildman–Crippen MR) is 129 cm³/mol. The average molecular weight is 394 g/mol. The Morgan fingerprint density at radius 1 is 0.452 bits per heavy atom. The van der Waals surface area contributed by atoms with Crippen molar-refractivity contribution in [2.24, 2.45) is 0 Å². The van der Waals surface area contributed by atoms with E-state index in [1.165, 1.54) is 44.2 Å². The lowest BCUT2D eigenvalue weighted by Gasteiger charge is -2.10. The van der Waals surface area contributed by atoms with Crippen LogP contribution >= 0.6 is 0 Å². The highest BCUT2D eigenvalue weighted by atomic mass is 15.1. The second-order valence-electron chi connectivity index (χ2n) is 8.13. The minimum atomic E-state index is 0.998. The summed E-state index contributed by atoms with van der Waals surface area (Å²) in [6.45, 7) is 0. The number of hydrogen-bond acceptors (Lipinski definition) is 1. The van der Waals surface area contributed by atoms with E-state index in [1.807, 2.05) is 6.07 Å². The van der Waals surface area contributed by atoms with Gasteiger partial charge in [-0.1, -0.05) is 97.1 Å². The molecule has 1 aliphatic carbocycles. The van der Waals surface area contributed by atoms with Gasteiger partial charge in [0.05, 0.1) is 11.2 Å². The summed E-state index contributed by atoms with van der Waals surface area (Å²) in [6, 6.07) is 37.0. The zero-order valence-electron chi connectivity index (χ0n) is 16.8. The fraction of sp³-hybridized carbons (Fsp3) is 0.